The zero-order valence-electron chi connectivity index (χ0n) is 16.6. The van der Waals surface area contributed by atoms with Crippen molar-refractivity contribution < 1.29 is 14.6 Å². The highest BCUT2D eigenvalue weighted by Crippen LogP contribution is 2.25. The largest absolute Gasteiger partial charge is 0.491 e. The van der Waals surface area contributed by atoms with Crippen LogP contribution in [0.4, 0.5) is 0 Å². The van der Waals surface area contributed by atoms with E-state index in [1.807, 2.05) is 30.3 Å². The maximum atomic E-state index is 12.5. The third-order valence-electron chi connectivity index (χ3n) is 5.51. The number of aromatic nitrogens is 1. The standard InChI is InChI=1S/C24H26N2O3/c1-18-23-8-5-13-25(23)14-15-26(18)16-21(27)17-29-22-11-9-20(10-12-22)24(28)19-6-3-2-4-7-19/h2-13,18,21,27H,14-17H2,1H3/t18-,21-/m1/s1. The Bertz CT molecular complexity index is 950. The molecule has 2 atom stereocenters. The second kappa shape index (κ2) is 8.64. The highest BCUT2D eigenvalue weighted by Gasteiger charge is 2.25. The number of β-amino-alcohol motifs (C(OH)–C–C–N with tert-alkyl or cyclic N) is 1. The number of aliphatic hydroxyl groups excluding tert-OH is 1. The SMILES string of the molecule is C[C@@H]1c2cccn2CCN1C[C@@H](O)COc1ccc(C(=O)c2ccccc2)cc1. The molecule has 0 unspecified atom stereocenters. The summed E-state index contributed by atoms with van der Waals surface area (Å²) in [6.07, 6.45) is 1.53. The normalized spacial score (nSPS) is 17.5. The van der Waals surface area contributed by atoms with Crippen LogP contribution in [0.1, 0.15) is 34.6 Å². The topological polar surface area (TPSA) is 54.7 Å². The monoisotopic (exact) mass is 390 g/mol. The summed E-state index contributed by atoms with van der Waals surface area (Å²) in [5.74, 6) is 0.634. The number of hydrogen-bond acceptors (Lipinski definition) is 4. The molecule has 0 spiro atoms. The van der Waals surface area contributed by atoms with E-state index in [9.17, 15) is 9.90 Å². The molecule has 1 N–H and O–H groups in total. The predicted octanol–water partition coefficient (Wildman–Crippen LogP) is 3.54. The van der Waals surface area contributed by atoms with Crippen molar-refractivity contribution in [1.82, 2.24) is 9.47 Å². The number of nitrogens with zero attached hydrogens (tertiary/aromatic N) is 2. The number of ketones is 1. The van der Waals surface area contributed by atoms with Crippen LogP contribution < -0.4 is 4.74 Å². The molecule has 0 bridgehead atoms. The van der Waals surface area contributed by atoms with Crippen molar-refractivity contribution >= 4 is 5.78 Å². The molecule has 5 nitrogen and oxygen atoms in total. The average Bonchev–Trinajstić information content (AvgIpc) is 3.24. The molecule has 3 aromatic rings. The van der Waals surface area contributed by atoms with Crippen LogP contribution in [0.2, 0.25) is 0 Å². The van der Waals surface area contributed by atoms with Crippen molar-refractivity contribution in [2.45, 2.75) is 25.6 Å². The van der Waals surface area contributed by atoms with Gasteiger partial charge in [0.2, 0.25) is 0 Å². The average molecular weight is 390 g/mol. The lowest BCUT2D eigenvalue weighted by molar-refractivity contribution is 0.0453. The van der Waals surface area contributed by atoms with Crippen LogP contribution in [-0.4, -0.2) is 46.2 Å². The van der Waals surface area contributed by atoms with Gasteiger partial charge in [-0.25, -0.2) is 0 Å². The lowest BCUT2D eigenvalue weighted by atomic mass is 10.0. The molecular weight excluding hydrogens is 364 g/mol. The van der Waals surface area contributed by atoms with Gasteiger partial charge >= 0.3 is 0 Å². The Morgan fingerprint density at radius 3 is 2.52 bits per heavy atom. The summed E-state index contributed by atoms with van der Waals surface area (Å²) >= 11 is 0. The van der Waals surface area contributed by atoms with Crippen molar-refractivity contribution in [3.8, 4) is 5.75 Å². The second-order valence-corrected chi connectivity index (χ2v) is 7.48. The van der Waals surface area contributed by atoms with E-state index in [4.69, 9.17) is 4.74 Å². The maximum absolute atomic E-state index is 12.5. The minimum atomic E-state index is -0.579. The Kier molecular flexibility index (Phi) is 5.79. The summed E-state index contributed by atoms with van der Waals surface area (Å²) in [6, 6.07) is 20.8. The maximum Gasteiger partial charge on any atom is 0.193 e. The molecule has 0 amide bonds. The lowest BCUT2D eigenvalue weighted by Gasteiger charge is -2.36. The molecule has 29 heavy (non-hydrogen) atoms. The van der Waals surface area contributed by atoms with Gasteiger partial charge in [-0.1, -0.05) is 30.3 Å². The number of rotatable bonds is 7. The van der Waals surface area contributed by atoms with Crippen LogP contribution in [0.5, 0.6) is 5.75 Å². The van der Waals surface area contributed by atoms with E-state index < -0.39 is 6.10 Å². The lowest BCUT2D eigenvalue weighted by Crippen LogP contribution is -2.42. The molecule has 150 valence electrons. The molecule has 0 saturated heterocycles. The van der Waals surface area contributed by atoms with Crippen LogP contribution in [0, 0.1) is 0 Å². The summed E-state index contributed by atoms with van der Waals surface area (Å²) in [7, 11) is 0. The van der Waals surface area contributed by atoms with Crippen LogP contribution >= 0.6 is 0 Å². The molecule has 4 rings (SSSR count). The minimum absolute atomic E-state index is 0.0129. The number of carbonyl (C=O) groups excluding carboxylic acids is 1. The van der Waals surface area contributed by atoms with E-state index in [2.05, 4.69) is 34.7 Å². The van der Waals surface area contributed by atoms with Gasteiger partial charge in [0.05, 0.1) is 0 Å². The highest BCUT2D eigenvalue weighted by molar-refractivity contribution is 6.08. The van der Waals surface area contributed by atoms with Crippen molar-refractivity contribution in [1.29, 1.82) is 0 Å². The van der Waals surface area contributed by atoms with E-state index in [0.717, 1.165) is 13.1 Å². The smallest absolute Gasteiger partial charge is 0.193 e. The van der Waals surface area contributed by atoms with Gasteiger partial charge < -0.3 is 14.4 Å². The third-order valence-corrected chi connectivity index (χ3v) is 5.51. The molecule has 5 heteroatoms. The zero-order valence-corrected chi connectivity index (χ0v) is 16.6. The summed E-state index contributed by atoms with van der Waals surface area (Å²) < 4.78 is 8.01. The van der Waals surface area contributed by atoms with Crippen molar-refractivity contribution in [3.05, 3.63) is 89.7 Å². The molecule has 1 aromatic heterocycles. The molecule has 2 aromatic carbocycles. The molecule has 1 aliphatic heterocycles. The van der Waals surface area contributed by atoms with Gasteiger partial charge in [0.1, 0.15) is 18.5 Å². The molecule has 0 fully saturated rings. The Morgan fingerprint density at radius 2 is 1.76 bits per heavy atom. The number of hydrogen-bond donors (Lipinski definition) is 1. The first kappa shape index (κ1) is 19.4. The highest BCUT2D eigenvalue weighted by atomic mass is 16.5. The van der Waals surface area contributed by atoms with Crippen LogP contribution in [-0.2, 0) is 6.54 Å². The Balaban J connectivity index is 1.29. The number of aliphatic hydroxyl groups is 1. The van der Waals surface area contributed by atoms with Gasteiger partial charge in [-0.2, -0.15) is 0 Å². The first-order chi connectivity index (χ1) is 14.1. The second-order valence-electron chi connectivity index (χ2n) is 7.48. The minimum Gasteiger partial charge on any atom is -0.491 e. The molecule has 0 radical (unpaired) electrons. The van der Waals surface area contributed by atoms with Gasteiger partial charge in [0, 0.05) is 48.7 Å². The fourth-order valence-electron chi connectivity index (χ4n) is 3.85. The molecule has 0 aliphatic carbocycles. The van der Waals surface area contributed by atoms with Crippen molar-refractivity contribution in [2.24, 2.45) is 0 Å². The van der Waals surface area contributed by atoms with E-state index in [0.29, 0.717) is 23.4 Å². The number of carbonyl (C=O) groups is 1. The summed E-state index contributed by atoms with van der Waals surface area (Å²) in [5.41, 5.74) is 2.57. The molecule has 0 saturated carbocycles. The molecule has 2 heterocycles. The number of fused-ring (bicyclic) bond motifs is 1. The van der Waals surface area contributed by atoms with E-state index in [1.165, 1.54) is 5.69 Å². The first-order valence-electron chi connectivity index (χ1n) is 10.0. The van der Waals surface area contributed by atoms with Crippen LogP contribution in [0.15, 0.2) is 72.9 Å². The fourth-order valence-corrected chi connectivity index (χ4v) is 3.85. The van der Waals surface area contributed by atoms with E-state index >= 15 is 0 Å². The van der Waals surface area contributed by atoms with E-state index in [-0.39, 0.29) is 18.4 Å². The molecule has 1 aliphatic rings. The summed E-state index contributed by atoms with van der Waals surface area (Å²) in [4.78, 5) is 14.7. The predicted molar refractivity (Wildman–Crippen MR) is 112 cm³/mol. The van der Waals surface area contributed by atoms with Crippen LogP contribution in [0.25, 0.3) is 0 Å². The summed E-state index contributed by atoms with van der Waals surface area (Å²) in [6.45, 7) is 4.81. The van der Waals surface area contributed by atoms with Crippen LogP contribution in [0.3, 0.4) is 0 Å². The molecular formula is C24H26N2O3. The third kappa shape index (κ3) is 4.42. The van der Waals surface area contributed by atoms with Gasteiger partial charge in [-0.3, -0.25) is 9.69 Å². The number of ether oxygens (including phenoxy) is 1. The van der Waals surface area contributed by atoms with Gasteiger partial charge in [-0.15, -0.1) is 0 Å². The van der Waals surface area contributed by atoms with Crippen molar-refractivity contribution in [3.63, 3.8) is 0 Å². The van der Waals surface area contributed by atoms with Gasteiger partial charge in [0.15, 0.2) is 5.78 Å². The first-order valence-corrected chi connectivity index (χ1v) is 10.0. The quantitative estimate of drug-likeness (QED) is 0.627. The Hall–Kier alpha value is -2.89. The number of benzene rings is 2. The van der Waals surface area contributed by atoms with Gasteiger partial charge in [0.25, 0.3) is 0 Å². The van der Waals surface area contributed by atoms with Crippen molar-refractivity contribution in [2.75, 3.05) is 19.7 Å². The zero-order chi connectivity index (χ0) is 20.2. The Morgan fingerprint density at radius 1 is 1.03 bits per heavy atom. The summed E-state index contributed by atoms with van der Waals surface area (Å²) in [5, 5.41) is 10.4. The van der Waals surface area contributed by atoms with E-state index in [1.54, 1.807) is 24.3 Å². The Labute approximate surface area is 171 Å². The fraction of sp³-hybridized carbons (Fsp3) is 0.292. The van der Waals surface area contributed by atoms with Gasteiger partial charge in [-0.05, 0) is 43.3 Å².